The van der Waals surface area contributed by atoms with Crippen LogP contribution < -0.4 is 5.32 Å². The van der Waals surface area contributed by atoms with Crippen molar-refractivity contribution in [2.24, 2.45) is 0 Å². The minimum absolute atomic E-state index is 0.0852. The van der Waals surface area contributed by atoms with E-state index >= 15 is 0 Å². The number of urea groups is 1. The second kappa shape index (κ2) is 6.81. The first-order chi connectivity index (χ1) is 11.9. The van der Waals surface area contributed by atoms with Crippen molar-refractivity contribution >= 4 is 21.9 Å². The maximum atomic E-state index is 13.8. The molecule has 134 valence electrons. The number of amides is 2. The summed E-state index contributed by atoms with van der Waals surface area (Å²) in [6.07, 6.45) is 0. The van der Waals surface area contributed by atoms with E-state index in [0.717, 1.165) is 6.07 Å². The monoisotopic (exact) mass is 368 g/mol. The number of carbonyl (C=O) groups excluding carboxylic acids is 1. The van der Waals surface area contributed by atoms with E-state index in [-0.39, 0.29) is 31.1 Å². The summed E-state index contributed by atoms with van der Waals surface area (Å²) in [4.78, 5) is 13.3. The summed E-state index contributed by atoms with van der Waals surface area (Å²) < 4.78 is 44.9. The molecule has 1 aliphatic heterocycles. The van der Waals surface area contributed by atoms with E-state index in [1.807, 2.05) is 0 Å². The Bertz CT molecular complexity index is 875. The summed E-state index contributed by atoms with van der Waals surface area (Å²) in [6.45, 7) is 2.26. The van der Waals surface area contributed by atoms with Crippen molar-refractivity contribution in [1.29, 1.82) is 0 Å². The van der Waals surface area contributed by atoms with Gasteiger partial charge in [-0.3, -0.25) is 5.32 Å². The minimum atomic E-state index is -3.92. The van der Waals surface area contributed by atoms with Crippen LogP contribution in [0.4, 0.5) is 15.0 Å². The molecule has 2 aromatic rings. The number of nitrogens with one attached hydrogen (secondary N) is 1. The topological polar surface area (TPSA) is 95.8 Å². The van der Waals surface area contributed by atoms with Crippen molar-refractivity contribution in [2.45, 2.75) is 11.8 Å². The largest absolute Gasteiger partial charge is 0.360 e. The van der Waals surface area contributed by atoms with Crippen LogP contribution in [-0.2, 0) is 10.0 Å². The lowest BCUT2D eigenvalue weighted by atomic mass is 10.3. The molecule has 2 amide bonds. The predicted molar refractivity (Wildman–Crippen MR) is 87.0 cm³/mol. The number of hydrogen-bond donors (Lipinski definition) is 1. The van der Waals surface area contributed by atoms with Crippen LogP contribution in [-0.4, -0.2) is 55.0 Å². The Morgan fingerprint density at radius 3 is 2.52 bits per heavy atom. The van der Waals surface area contributed by atoms with Crippen molar-refractivity contribution in [3.63, 3.8) is 0 Å². The number of nitrogens with zero attached hydrogens (tertiary/aromatic N) is 3. The van der Waals surface area contributed by atoms with Crippen molar-refractivity contribution in [3.8, 4) is 0 Å². The fraction of sp³-hybridized carbons (Fsp3) is 0.333. The number of hydrogen-bond acceptors (Lipinski definition) is 5. The first-order valence-corrected chi connectivity index (χ1v) is 9.06. The molecule has 0 unspecified atom stereocenters. The molecule has 0 bridgehead atoms. The van der Waals surface area contributed by atoms with Crippen LogP contribution in [0.3, 0.4) is 0 Å². The Hall–Kier alpha value is -2.46. The summed E-state index contributed by atoms with van der Waals surface area (Å²) in [5, 5.41) is 6.25. The molecule has 8 nitrogen and oxygen atoms in total. The fourth-order valence-electron chi connectivity index (χ4n) is 2.54. The van der Waals surface area contributed by atoms with Crippen LogP contribution in [0.2, 0.25) is 0 Å². The van der Waals surface area contributed by atoms with Crippen LogP contribution in [0.5, 0.6) is 0 Å². The number of aryl methyl sites for hydroxylation is 1. The van der Waals surface area contributed by atoms with Gasteiger partial charge in [-0.2, -0.15) is 4.31 Å². The van der Waals surface area contributed by atoms with E-state index < -0.39 is 21.9 Å². The number of carbonyl (C=O) groups is 1. The van der Waals surface area contributed by atoms with Crippen molar-refractivity contribution in [3.05, 3.63) is 41.9 Å². The highest BCUT2D eigenvalue weighted by atomic mass is 32.2. The quantitative estimate of drug-likeness (QED) is 0.889. The Balaban J connectivity index is 1.63. The molecule has 1 fully saturated rings. The Labute approximate surface area is 144 Å². The normalized spacial score (nSPS) is 16.0. The highest BCUT2D eigenvalue weighted by Gasteiger charge is 2.31. The van der Waals surface area contributed by atoms with Gasteiger partial charge in [0.05, 0.1) is 0 Å². The molecular formula is C15H17FN4O4S. The zero-order valence-corrected chi connectivity index (χ0v) is 14.3. The maximum Gasteiger partial charge on any atom is 0.323 e. The summed E-state index contributed by atoms with van der Waals surface area (Å²) in [5.41, 5.74) is 0. The zero-order valence-electron chi connectivity index (χ0n) is 13.5. The smallest absolute Gasteiger partial charge is 0.323 e. The van der Waals surface area contributed by atoms with Crippen LogP contribution in [0.1, 0.15) is 5.76 Å². The van der Waals surface area contributed by atoms with Gasteiger partial charge in [0.15, 0.2) is 5.82 Å². The van der Waals surface area contributed by atoms with E-state index in [0.29, 0.717) is 11.6 Å². The van der Waals surface area contributed by atoms with Gasteiger partial charge in [-0.15, -0.1) is 0 Å². The third-order valence-electron chi connectivity index (χ3n) is 3.84. The number of aromatic nitrogens is 1. The van der Waals surface area contributed by atoms with Crippen LogP contribution in [0.15, 0.2) is 39.8 Å². The molecule has 1 N–H and O–H groups in total. The predicted octanol–water partition coefficient (Wildman–Crippen LogP) is 1.66. The van der Waals surface area contributed by atoms with Gasteiger partial charge in [0.25, 0.3) is 0 Å². The van der Waals surface area contributed by atoms with Crippen molar-refractivity contribution in [1.82, 2.24) is 14.4 Å². The van der Waals surface area contributed by atoms with E-state index in [1.54, 1.807) is 13.0 Å². The van der Waals surface area contributed by atoms with E-state index in [2.05, 4.69) is 10.5 Å². The number of benzene rings is 1. The van der Waals surface area contributed by atoms with Gasteiger partial charge in [0.1, 0.15) is 16.5 Å². The molecule has 0 saturated carbocycles. The first-order valence-electron chi connectivity index (χ1n) is 7.62. The fourth-order valence-corrected chi connectivity index (χ4v) is 4.03. The second-order valence-electron chi connectivity index (χ2n) is 5.57. The van der Waals surface area contributed by atoms with Crippen LogP contribution >= 0.6 is 0 Å². The molecule has 0 radical (unpaired) electrons. The number of sulfonamides is 1. The van der Waals surface area contributed by atoms with E-state index in [4.69, 9.17) is 4.52 Å². The van der Waals surface area contributed by atoms with E-state index in [1.165, 1.54) is 27.4 Å². The average Bonchev–Trinajstić information content (AvgIpc) is 3.00. The molecule has 1 aliphatic rings. The lowest BCUT2D eigenvalue weighted by molar-refractivity contribution is 0.184. The first kappa shape index (κ1) is 17.4. The third-order valence-corrected chi connectivity index (χ3v) is 5.78. The lowest BCUT2D eigenvalue weighted by Crippen LogP contribution is -2.51. The highest BCUT2D eigenvalue weighted by molar-refractivity contribution is 7.89. The van der Waals surface area contributed by atoms with E-state index in [9.17, 15) is 17.6 Å². The van der Waals surface area contributed by atoms with Crippen molar-refractivity contribution < 1.29 is 22.1 Å². The number of anilines is 1. The molecule has 0 spiro atoms. The maximum absolute atomic E-state index is 13.8. The Kier molecular flexibility index (Phi) is 4.73. The molecule has 25 heavy (non-hydrogen) atoms. The summed E-state index contributed by atoms with van der Waals surface area (Å²) in [7, 11) is -3.92. The Morgan fingerprint density at radius 2 is 1.92 bits per heavy atom. The van der Waals surface area contributed by atoms with Gasteiger partial charge in [0, 0.05) is 32.2 Å². The van der Waals surface area contributed by atoms with Crippen LogP contribution in [0.25, 0.3) is 0 Å². The van der Waals surface area contributed by atoms with Crippen molar-refractivity contribution in [2.75, 3.05) is 31.5 Å². The molecule has 0 aliphatic carbocycles. The highest BCUT2D eigenvalue weighted by Crippen LogP contribution is 2.20. The SMILES string of the molecule is Cc1cc(NC(=O)N2CCN(S(=O)(=O)c3ccccc3F)CC2)no1. The van der Waals surface area contributed by atoms with Gasteiger partial charge < -0.3 is 9.42 Å². The molecule has 1 aromatic heterocycles. The standard InChI is InChI=1S/C15H17FN4O4S/c1-11-10-14(18-24-11)17-15(21)19-6-8-20(9-7-19)25(22,23)13-5-3-2-4-12(13)16/h2-5,10H,6-9H2,1H3,(H,17,18,21). The zero-order chi connectivity index (χ0) is 18.0. The molecule has 2 heterocycles. The summed E-state index contributed by atoms with van der Waals surface area (Å²) in [5.74, 6) is 0.0732. The second-order valence-corrected chi connectivity index (χ2v) is 7.48. The molecular weight excluding hydrogens is 351 g/mol. The van der Waals surface area contributed by atoms with Gasteiger partial charge in [-0.1, -0.05) is 17.3 Å². The molecule has 1 aromatic carbocycles. The van der Waals surface area contributed by atoms with Gasteiger partial charge >= 0.3 is 6.03 Å². The summed E-state index contributed by atoms with van der Waals surface area (Å²) >= 11 is 0. The molecule has 1 saturated heterocycles. The Morgan fingerprint density at radius 1 is 1.24 bits per heavy atom. The molecule has 10 heteroatoms. The number of halogens is 1. The number of piperazine rings is 1. The van der Waals surface area contributed by atoms with Gasteiger partial charge in [-0.05, 0) is 19.1 Å². The average molecular weight is 368 g/mol. The molecule has 0 atom stereocenters. The van der Waals surface area contributed by atoms with Gasteiger partial charge in [0.2, 0.25) is 10.0 Å². The lowest BCUT2D eigenvalue weighted by Gasteiger charge is -2.33. The summed E-state index contributed by atoms with van der Waals surface area (Å²) in [6, 6.07) is 6.43. The third kappa shape index (κ3) is 3.64. The van der Waals surface area contributed by atoms with Gasteiger partial charge in [-0.25, -0.2) is 17.6 Å². The molecule has 3 rings (SSSR count). The minimum Gasteiger partial charge on any atom is -0.360 e. The number of rotatable bonds is 3. The van der Waals surface area contributed by atoms with Crippen LogP contribution in [0, 0.1) is 12.7 Å².